The van der Waals surface area contributed by atoms with Crippen LogP contribution in [0.3, 0.4) is 0 Å². The molecule has 0 radical (unpaired) electrons. The topological polar surface area (TPSA) is 108 Å². The zero-order chi connectivity index (χ0) is 25.5. The highest BCUT2D eigenvalue weighted by Crippen LogP contribution is 2.30. The number of benzene rings is 3. The molecule has 3 aromatic rings. The molecular weight excluding hydrogens is 532 g/mol. The van der Waals surface area contributed by atoms with E-state index < -0.39 is 47.3 Å². The van der Waals surface area contributed by atoms with Gasteiger partial charge in [0.25, 0.3) is 0 Å². The van der Waals surface area contributed by atoms with Gasteiger partial charge in [-0.05, 0) is 36.4 Å². The molecule has 8 nitrogen and oxygen atoms in total. The maximum atomic E-state index is 12.9. The number of halogens is 1. The van der Waals surface area contributed by atoms with Gasteiger partial charge in [0.15, 0.2) is 12.2 Å². The summed E-state index contributed by atoms with van der Waals surface area (Å²) in [5.74, 6) is -2.05. The average Bonchev–Trinajstić information content (AvgIpc) is 2.92. The van der Waals surface area contributed by atoms with Gasteiger partial charge in [-0.25, -0.2) is 14.4 Å². The standard InChI is InChI=1S/C27H23BrO8/c28-24-21(29)23(36-27(32)19-14-8-3-9-15-19)22(35-26(31)18-12-6-2-7-13-18)20(34-24)16-33-25(30)17-10-4-1-5-11-17/h1-15,20-24,29H,16H2/t20-,21-,22-,23-,24+/m1/s1. The maximum Gasteiger partial charge on any atom is 0.338 e. The fourth-order valence-corrected chi connectivity index (χ4v) is 4.22. The summed E-state index contributed by atoms with van der Waals surface area (Å²) in [5, 5.41) is 9.82. The Morgan fingerprint density at radius 3 is 1.58 bits per heavy atom. The molecule has 1 aliphatic heterocycles. The van der Waals surface area contributed by atoms with Crippen molar-refractivity contribution in [3.05, 3.63) is 108 Å². The van der Waals surface area contributed by atoms with Crippen molar-refractivity contribution in [1.82, 2.24) is 0 Å². The number of aliphatic hydroxyl groups excluding tert-OH is 1. The number of hydrogen-bond donors (Lipinski definition) is 1. The molecule has 9 heteroatoms. The predicted octanol–water partition coefficient (Wildman–Crippen LogP) is 3.78. The zero-order valence-electron chi connectivity index (χ0n) is 18.9. The highest BCUT2D eigenvalue weighted by molar-refractivity contribution is 9.09. The van der Waals surface area contributed by atoms with Crippen molar-refractivity contribution in [2.24, 2.45) is 0 Å². The smallest absolute Gasteiger partial charge is 0.338 e. The summed E-state index contributed by atoms with van der Waals surface area (Å²) in [4.78, 5) is 38.2. The van der Waals surface area contributed by atoms with Crippen LogP contribution in [0.25, 0.3) is 0 Å². The lowest BCUT2D eigenvalue weighted by atomic mass is 9.99. The third-order valence-electron chi connectivity index (χ3n) is 5.49. The Kier molecular flexibility index (Phi) is 8.48. The minimum Gasteiger partial charge on any atom is -0.459 e. The van der Waals surface area contributed by atoms with Crippen LogP contribution in [0.1, 0.15) is 31.1 Å². The molecule has 1 heterocycles. The van der Waals surface area contributed by atoms with Crippen LogP contribution >= 0.6 is 15.9 Å². The third-order valence-corrected chi connectivity index (χ3v) is 6.25. The molecule has 0 aliphatic carbocycles. The number of carbonyl (C=O) groups excluding carboxylic acids is 3. The summed E-state index contributed by atoms with van der Waals surface area (Å²) >= 11 is 3.23. The highest BCUT2D eigenvalue weighted by Gasteiger charge is 2.49. The first-order chi connectivity index (χ1) is 17.4. The van der Waals surface area contributed by atoms with E-state index in [2.05, 4.69) is 15.9 Å². The highest BCUT2D eigenvalue weighted by atomic mass is 79.9. The normalized spacial score (nSPS) is 23.3. The molecule has 0 unspecified atom stereocenters. The number of ether oxygens (including phenoxy) is 4. The number of aliphatic hydroxyl groups is 1. The van der Waals surface area contributed by atoms with Gasteiger partial charge in [0, 0.05) is 0 Å². The number of alkyl halides is 1. The van der Waals surface area contributed by atoms with E-state index in [0.29, 0.717) is 5.56 Å². The van der Waals surface area contributed by atoms with Crippen molar-refractivity contribution in [2.45, 2.75) is 29.4 Å². The molecule has 0 aromatic heterocycles. The van der Waals surface area contributed by atoms with Gasteiger partial charge in [-0.1, -0.05) is 70.5 Å². The predicted molar refractivity (Wildman–Crippen MR) is 132 cm³/mol. The van der Waals surface area contributed by atoms with Crippen LogP contribution in [0.5, 0.6) is 0 Å². The summed E-state index contributed by atoms with van der Waals surface area (Å²) < 4.78 is 22.5. The Morgan fingerprint density at radius 1 is 0.694 bits per heavy atom. The second kappa shape index (κ2) is 11.9. The monoisotopic (exact) mass is 554 g/mol. The lowest BCUT2D eigenvalue weighted by Crippen LogP contribution is -2.60. The average molecular weight is 555 g/mol. The van der Waals surface area contributed by atoms with Crippen molar-refractivity contribution in [2.75, 3.05) is 6.61 Å². The van der Waals surface area contributed by atoms with Crippen LogP contribution in [0, 0.1) is 0 Å². The number of rotatable bonds is 7. The van der Waals surface area contributed by atoms with Gasteiger partial charge in [0.1, 0.15) is 23.8 Å². The molecule has 0 saturated carbocycles. The molecule has 0 bridgehead atoms. The first-order valence-corrected chi connectivity index (χ1v) is 12.1. The molecule has 1 saturated heterocycles. The minimum absolute atomic E-state index is 0.251. The van der Waals surface area contributed by atoms with Crippen molar-refractivity contribution < 1.29 is 38.4 Å². The molecule has 0 spiro atoms. The van der Waals surface area contributed by atoms with Crippen LogP contribution in [0.2, 0.25) is 0 Å². The lowest BCUT2D eigenvalue weighted by molar-refractivity contribution is -0.205. The number of hydrogen-bond acceptors (Lipinski definition) is 8. The zero-order valence-corrected chi connectivity index (χ0v) is 20.5. The van der Waals surface area contributed by atoms with E-state index in [1.807, 2.05) is 0 Å². The largest absolute Gasteiger partial charge is 0.459 e. The van der Waals surface area contributed by atoms with E-state index in [1.165, 1.54) is 0 Å². The van der Waals surface area contributed by atoms with Crippen LogP contribution in [0.4, 0.5) is 0 Å². The quantitative estimate of drug-likeness (QED) is 0.267. The van der Waals surface area contributed by atoms with Gasteiger partial charge in [-0.3, -0.25) is 0 Å². The van der Waals surface area contributed by atoms with Gasteiger partial charge < -0.3 is 24.1 Å². The molecule has 3 aromatic carbocycles. The fraction of sp³-hybridized carbons (Fsp3) is 0.222. The van der Waals surface area contributed by atoms with Gasteiger partial charge in [-0.15, -0.1) is 0 Å². The van der Waals surface area contributed by atoms with Gasteiger partial charge >= 0.3 is 17.9 Å². The molecule has 0 amide bonds. The van der Waals surface area contributed by atoms with Gasteiger partial charge in [0.05, 0.1) is 16.7 Å². The van der Waals surface area contributed by atoms with E-state index in [-0.39, 0.29) is 17.7 Å². The summed E-state index contributed by atoms with van der Waals surface area (Å²) in [6.45, 7) is -0.325. The van der Waals surface area contributed by atoms with Gasteiger partial charge in [0.2, 0.25) is 0 Å². The molecular formula is C27H23BrO8. The summed E-state index contributed by atoms with van der Waals surface area (Å²) in [5.41, 5.74) is 0.831. The Balaban J connectivity index is 1.57. The molecule has 36 heavy (non-hydrogen) atoms. The SMILES string of the molecule is O=C(OC[C@H]1O[C@H](Br)[C@H](O)[C@@H](OC(=O)c2ccccc2)[C@@H]1OC(=O)c1ccccc1)c1ccccc1. The van der Waals surface area contributed by atoms with Crippen molar-refractivity contribution >= 4 is 33.8 Å². The van der Waals surface area contributed by atoms with E-state index in [0.717, 1.165) is 0 Å². The Hall–Kier alpha value is -3.53. The fourth-order valence-electron chi connectivity index (χ4n) is 3.64. The summed E-state index contributed by atoms with van der Waals surface area (Å²) in [7, 11) is 0. The van der Waals surface area contributed by atoms with Crippen molar-refractivity contribution in [1.29, 1.82) is 0 Å². The maximum absolute atomic E-state index is 12.9. The molecule has 4 rings (SSSR count). The van der Waals surface area contributed by atoms with Gasteiger partial charge in [-0.2, -0.15) is 0 Å². The Bertz CT molecular complexity index is 1170. The van der Waals surface area contributed by atoms with Crippen LogP contribution < -0.4 is 0 Å². The lowest BCUT2D eigenvalue weighted by Gasteiger charge is -2.41. The van der Waals surface area contributed by atoms with E-state index in [4.69, 9.17) is 18.9 Å². The first kappa shape index (κ1) is 25.6. The Morgan fingerprint density at radius 2 is 1.11 bits per heavy atom. The number of carbonyl (C=O) groups is 3. The van der Waals surface area contributed by atoms with Crippen LogP contribution in [-0.4, -0.2) is 59.1 Å². The van der Waals surface area contributed by atoms with E-state index in [1.54, 1.807) is 91.0 Å². The second-order valence-corrected chi connectivity index (χ2v) is 8.86. The van der Waals surface area contributed by atoms with E-state index in [9.17, 15) is 19.5 Å². The number of esters is 3. The molecule has 1 N–H and O–H groups in total. The van der Waals surface area contributed by atoms with Crippen LogP contribution in [0.15, 0.2) is 91.0 Å². The molecule has 1 fully saturated rings. The summed E-state index contributed by atoms with van der Waals surface area (Å²) in [6, 6.07) is 24.8. The van der Waals surface area contributed by atoms with E-state index >= 15 is 0 Å². The molecule has 1 aliphatic rings. The third kappa shape index (κ3) is 6.17. The Labute approximate surface area is 215 Å². The summed E-state index contributed by atoms with van der Waals surface area (Å²) in [6.07, 6.45) is -5.03. The minimum atomic E-state index is -1.38. The van der Waals surface area contributed by atoms with Crippen LogP contribution in [-0.2, 0) is 18.9 Å². The second-order valence-electron chi connectivity index (χ2n) is 7.95. The van der Waals surface area contributed by atoms with Crippen molar-refractivity contribution in [3.63, 3.8) is 0 Å². The molecule has 186 valence electrons. The van der Waals surface area contributed by atoms with Crippen molar-refractivity contribution in [3.8, 4) is 0 Å². The first-order valence-electron chi connectivity index (χ1n) is 11.2. The molecule has 5 atom stereocenters.